The summed E-state index contributed by atoms with van der Waals surface area (Å²) in [6, 6.07) is 9.14. The first-order valence-corrected chi connectivity index (χ1v) is 9.34. The Bertz CT molecular complexity index is 947. The van der Waals surface area contributed by atoms with E-state index in [4.69, 9.17) is 25.8 Å². The Morgan fingerprint density at radius 2 is 1.67 bits per heavy atom. The first kappa shape index (κ1) is 23.0. The van der Waals surface area contributed by atoms with E-state index in [1.807, 2.05) is 0 Å². The van der Waals surface area contributed by atoms with Crippen LogP contribution in [0.1, 0.15) is 35.3 Å². The fourth-order valence-corrected chi connectivity index (χ4v) is 3.16. The topological polar surface area (TPSA) is 103 Å². The van der Waals surface area contributed by atoms with Crippen LogP contribution in [0.4, 0.5) is 5.69 Å². The molecule has 0 heterocycles. The van der Waals surface area contributed by atoms with E-state index in [0.717, 1.165) is 0 Å². The van der Waals surface area contributed by atoms with Crippen LogP contribution in [0.15, 0.2) is 36.4 Å². The highest BCUT2D eigenvalue weighted by Crippen LogP contribution is 2.34. The Morgan fingerprint density at radius 1 is 1.03 bits per heavy atom. The fourth-order valence-electron chi connectivity index (χ4n) is 2.89. The maximum absolute atomic E-state index is 12.8. The van der Waals surface area contributed by atoms with Gasteiger partial charge in [-0.1, -0.05) is 29.8 Å². The summed E-state index contributed by atoms with van der Waals surface area (Å²) in [7, 11) is 4.10. The molecule has 8 nitrogen and oxygen atoms in total. The predicted molar refractivity (Wildman–Crippen MR) is 112 cm³/mol. The maximum atomic E-state index is 12.8. The smallest absolute Gasteiger partial charge is 0.340 e. The quantitative estimate of drug-likeness (QED) is 0.617. The van der Waals surface area contributed by atoms with E-state index >= 15 is 0 Å². The van der Waals surface area contributed by atoms with Crippen molar-refractivity contribution < 1.29 is 28.6 Å². The normalized spacial score (nSPS) is 11.2. The lowest BCUT2D eigenvalue weighted by molar-refractivity contribution is -0.120. The zero-order valence-corrected chi connectivity index (χ0v) is 17.8. The zero-order valence-electron chi connectivity index (χ0n) is 17.1. The summed E-state index contributed by atoms with van der Waals surface area (Å²) in [5.41, 5.74) is 0.882. The molecule has 0 saturated heterocycles. The Kier molecular flexibility index (Phi) is 8.06. The lowest BCUT2D eigenvalue weighted by atomic mass is 10.0. The van der Waals surface area contributed by atoms with Gasteiger partial charge in [0.15, 0.2) is 11.5 Å². The molecule has 2 aromatic rings. The number of anilines is 1. The van der Waals surface area contributed by atoms with Gasteiger partial charge in [-0.2, -0.15) is 0 Å². The monoisotopic (exact) mass is 434 g/mol. The van der Waals surface area contributed by atoms with E-state index in [1.54, 1.807) is 24.3 Å². The molecular formula is C21H23ClN2O6. The highest BCUT2D eigenvalue weighted by atomic mass is 35.5. The first-order valence-electron chi connectivity index (χ1n) is 8.96. The van der Waals surface area contributed by atoms with Crippen molar-refractivity contribution in [3.8, 4) is 11.5 Å². The second kappa shape index (κ2) is 10.5. The van der Waals surface area contributed by atoms with Gasteiger partial charge in [0.25, 0.3) is 0 Å². The number of rotatable bonds is 8. The minimum Gasteiger partial charge on any atom is -0.493 e. The minimum atomic E-state index is -0.657. The number of benzene rings is 2. The van der Waals surface area contributed by atoms with E-state index in [1.165, 1.54) is 40.4 Å². The van der Waals surface area contributed by atoms with E-state index in [2.05, 4.69) is 10.6 Å². The summed E-state index contributed by atoms with van der Waals surface area (Å²) in [6.07, 6.45) is -0.113. The van der Waals surface area contributed by atoms with Crippen molar-refractivity contribution in [2.24, 2.45) is 0 Å². The molecule has 0 aliphatic heterocycles. The second-order valence-electron chi connectivity index (χ2n) is 6.27. The molecule has 1 atom stereocenters. The molecule has 2 amide bonds. The van der Waals surface area contributed by atoms with E-state index in [-0.39, 0.29) is 23.6 Å². The lowest BCUT2D eigenvalue weighted by Crippen LogP contribution is -2.30. The number of hydrogen-bond acceptors (Lipinski definition) is 6. The van der Waals surface area contributed by atoms with Gasteiger partial charge in [0.2, 0.25) is 11.8 Å². The zero-order chi connectivity index (χ0) is 22.3. The van der Waals surface area contributed by atoms with Crippen molar-refractivity contribution in [2.75, 3.05) is 26.6 Å². The molecule has 0 aromatic heterocycles. The summed E-state index contributed by atoms with van der Waals surface area (Å²) >= 11 is 6.23. The van der Waals surface area contributed by atoms with Crippen LogP contribution < -0.4 is 20.1 Å². The van der Waals surface area contributed by atoms with Gasteiger partial charge in [0, 0.05) is 24.1 Å². The Labute approximate surface area is 179 Å². The number of nitrogens with one attached hydrogen (secondary N) is 2. The second-order valence-corrected chi connectivity index (χ2v) is 6.68. The average Bonchev–Trinajstić information content (AvgIpc) is 2.72. The van der Waals surface area contributed by atoms with Gasteiger partial charge in [-0.05, 0) is 11.6 Å². The fraction of sp³-hybridized carbons (Fsp3) is 0.286. The largest absolute Gasteiger partial charge is 0.493 e. The number of ether oxygens (including phenoxy) is 3. The molecule has 0 saturated carbocycles. The van der Waals surface area contributed by atoms with Crippen LogP contribution in [0.25, 0.3) is 0 Å². The lowest BCUT2D eigenvalue weighted by Gasteiger charge is -2.20. The molecule has 0 aliphatic carbocycles. The van der Waals surface area contributed by atoms with Crippen LogP contribution in [-0.2, 0) is 14.3 Å². The Hall–Kier alpha value is -3.26. The summed E-state index contributed by atoms with van der Waals surface area (Å²) in [5, 5.41) is 5.82. The molecule has 2 aromatic carbocycles. The molecule has 0 spiro atoms. The van der Waals surface area contributed by atoms with E-state index < -0.39 is 17.9 Å². The van der Waals surface area contributed by atoms with Gasteiger partial charge in [-0.3, -0.25) is 9.59 Å². The summed E-state index contributed by atoms with van der Waals surface area (Å²) in [5.74, 6) is -0.788. The highest BCUT2D eigenvalue weighted by Gasteiger charge is 2.23. The van der Waals surface area contributed by atoms with Crippen molar-refractivity contribution in [1.82, 2.24) is 5.32 Å². The molecule has 9 heteroatoms. The number of carbonyl (C=O) groups is 3. The van der Waals surface area contributed by atoms with Crippen LogP contribution in [0, 0.1) is 0 Å². The molecule has 1 unspecified atom stereocenters. The molecule has 0 aliphatic rings. The van der Waals surface area contributed by atoms with Gasteiger partial charge in [0.1, 0.15) is 0 Å². The van der Waals surface area contributed by atoms with Crippen molar-refractivity contribution in [3.05, 3.63) is 52.5 Å². The number of esters is 1. The van der Waals surface area contributed by atoms with Gasteiger partial charge in [-0.15, -0.1) is 0 Å². The van der Waals surface area contributed by atoms with Gasteiger partial charge in [0.05, 0.1) is 45.0 Å². The summed E-state index contributed by atoms with van der Waals surface area (Å²) in [4.78, 5) is 36.6. The average molecular weight is 435 g/mol. The van der Waals surface area contributed by atoms with Crippen molar-refractivity contribution in [1.29, 1.82) is 0 Å². The van der Waals surface area contributed by atoms with Gasteiger partial charge in [-0.25, -0.2) is 4.79 Å². The van der Waals surface area contributed by atoms with Crippen LogP contribution in [-0.4, -0.2) is 39.1 Å². The highest BCUT2D eigenvalue weighted by molar-refractivity contribution is 6.31. The molecule has 30 heavy (non-hydrogen) atoms. The minimum absolute atomic E-state index is 0.0947. The first-order chi connectivity index (χ1) is 14.3. The summed E-state index contributed by atoms with van der Waals surface area (Å²) in [6.45, 7) is 1.35. The van der Waals surface area contributed by atoms with Crippen LogP contribution >= 0.6 is 11.6 Å². The molecule has 0 bridgehead atoms. The Morgan fingerprint density at radius 3 is 2.23 bits per heavy atom. The van der Waals surface area contributed by atoms with Crippen molar-refractivity contribution in [3.63, 3.8) is 0 Å². The predicted octanol–water partition coefficient (Wildman–Crippen LogP) is 3.35. The Balaban J connectivity index is 2.34. The van der Waals surface area contributed by atoms with Crippen molar-refractivity contribution in [2.45, 2.75) is 19.4 Å². The van der Waals surface area contributed by atoms with Crippen LogP contribution in [0.2, 0.25) is 5.02 Å². The van der Waals surface area contributed by atoms with Crippen LogP contribution in [0.5, 0.6) is 11.5 Å². The third-order valence-corrected chi connectivity index (χ3v) is 4.59. The molecule has 0 radical (unpaired) electrons. The number of hydrogen-bond donors (Lipinski definition) is 2. The molecule has 0 fully saturated rings. The van der Waals surface area contributed by atoms with Crippen molar-refractivity contribution >= 4 is 35.1 Å². The maximum Gasteiger partial charge on any atom is 0.340 e. The summed E-state index contributed by atoms with van der Waals surface area (Å²) < 4.78 is 15.2. The number of halogens is 1. The van der Waals surface area contributed by atoms with Gasteiger partial charge < -0.3 is 24.8 Å². The number of carbonyl (C=O) groups excluding carboxylic acids is 3. The third-order valence-electron chi connectivity index (χ3n) is 4.25. The molecule has 2 N–H and O–H groups in total. The van der Waals surface area contributed by atoms with Gasteiger partial charge >= 0.3 is 5.97 Å². The molecule has 2 rings (SSSR count). The number of amides is 2. The van der Waals surface area contributed by atoms with E-state index in [0.29, 0.717) is 22.1 Å². The number of methoxy groups -OCH3 is 3. The molecular weight excluding hydrogens is 412 g/mol. The van der Waals surface area contributed by atoms with E-state index in [9.17, 15) is 14.4 Å². The SMILES string of the molecule is COC(=O)c1cc(OC)c(OC)cc1NC(=O)CC(NC(C)=O)c1ccccc1Cl. The standard InChI is InChI=1S/C21H23ClN2O6/c1-12(25)23-17(13-7-5-6-8-15(13)22)11-20(26)24-16-10-19(29-3)18(28-2)9-14(16)21(27)30-4/h5-10,17H,11H2,1-4H3,(H,23,25)(H,24,26). The van der Waals surface area contributed by atoms with Crippen LogP contribution in [0.3, 0.4) is 0 Å². The molecule has 160 valence electrons. The third kappa shape index (κ3) is 5.64.